The lowest BCUT2D eigenvalue weighted by molar-refractivity contribution is 0.0210. The van der Waals surface area contributed by atoms with Crippen LogP contribution < -0.4 is 5.32 Å². The van der Waals surface area contributed by atoms with Crippen LogP contribution in [0.4, 0.5) is 8.78 Å². The first-order valence-electron chi connectivity index (χ1n) is 4.47. The van der Waals surface area contributed by atoms with Crippen molar-refractivity contribution in [3.63, 3.8) is 0 Å². The molecule has 1 fully saturated rings. The van der Waals surface area contributed by atoms with E-state index in [0.717, 1.165) is 5.56 Å². The molecule has 0 aliphatic carbocycles. The Bertz CT molecular complexity index is 323. The molecule has 2 N–H and O–H groups in total. The minimum absolute atomic E-state index is 0.151. The van der Waals surface area contributed by atoms with E-state index in [1.165, 1.54) is 12.1 Å². The molecule has 0 aromatic heterocycles. The van der Waals surface area contributed by atoms with Gasteiger partial charge in [-0.3, -0.25) is 0 Å². The summed E-state index contributed by atoms with van der Waals surface area (Å²) in [5.74, 6) is -2.46. The van der Waals surface area contributed by atoms with Crippen molar-refractivity contribution in [2.45, 2.75) is 18.4 Å². The Balaban J connectivity index is 2.14. The monoisotopic (exact) mass is 199 g/mol. The van der Waals surface area contributed by atoms with Crippen molar-refractivity contribution >= 4 is 0 Å². The number of hydrogen-bond acceptors (Lipinski definition) is 2. The van der Waals surface area contributed by atoms with Gasteiger partial charge in [0.15, 0.2) is 0 Å². The molecular weight excluding hydrogens is 188 g/mol. The van der Waals surface area contributed by atoms with Gasteiger partial charge in [-0.15, -0.1) is 0 Å². The van der Waals surface area contributed by atoms with Crippen LogP contribution in [0.3, 0.4) is 0 Å². The van der Waals surface area contributed by atoms with Gasteiger partial charge in [0.05, 0.1) is 6.54 Å². The topological polar surface area (TPSA) is 32.3 Å². The fourth-order valence-corrected chi connectivity index (χ4v) is 1.66. The summed E-state index contributed by atoms with van der Waals surface area (Å²) in [6.45, 7) is -0.265. The Kier molecular flexibility index (Phi) is 2.15. The van der Waals surface area contributed by atoms with Gasteiger partial charge >= 0.3 is 0 Å². The molecule has 1 heterocycles. The highest BCUT2D eigenvalue weighted by Gasteiger charge is 2.39. The Morgan fingerprint density at radius 1 is 1.29 bits per heavy atom. The number of nitrogens with one attached hydrogen (secondary N) is 1. The zero-order chi connectivity index (χ0) is 10.2. The summed E-state index contributed by atoms with van der Waals surface area (Å²) in [6.07, 6.45) is -0.169. The van der Waals surface area contributed by atoms with Gasteiger partial charge in [-0.05, 0) is 17.7 Å². The van der Waals surface area contributed by atoms with E-state index in [1.54, 1.807) is 12.1 Å². The summed E-state index contributed by atoms with van der Waals surface area (Å²) in [5.41, 5.74) is 0.792. The van der Waals surface area contributed by atoms with Crippen LogP contribution in [0.1, 0.15) is 18.0 Å². The third kappa shape index (κ3) is 1.85. The fourth-order valence-electron chi connectivity index (χ4n) is 1.66. The standard InChI is InChI=1S/C10H11F2NO/c11-10(12)5-9(13-6-10)7-1-3-8(14)4-2-7/h1-4,9,13-14H,5-6H2. The summed E-state index contributed by atoms with van der Waals surface area (Å²) in [7, 11) is 0. The van der Waals surface area contributed by atoms with Crippen molar-refractivity contribution in [1.29, 1.82) is 0 Å². The molecule has 0 radical (unpaired) electrons. The molecular formula is C10H11F2NO. The first kappa shape index (κ1) is 9.40. The van der Waals surface area contributed by atoms with Crippen molar-refractivity contribution in [2.24, 2.45) is 0 Å². The lowest BCUT2D eigenvalue weighted by Crippen LogP contribution is -2.19. The van der Waals surface area contributed by atoms with Gasteiger partial charge in [-0.25, -0.2) is 8.78 Å². The number of rotatable bonds is 1. The Morgan fingerprint density at radius 2 is 1.93 bits per heavy atom. The van der Waals surface area contributed by atoms with Gasteiger partial charge in [0.25, 0.3) is 5.92 Å². The predicted octanol–water partition coefficient (Wildman–Crippen LogP) is 2.06. The highest BCUT2D eigenvalue weighted by Crippen LogP contribution is 2.34. The largest absolute Gasteiger partial charge is 0.508 e. The Labute approximate surface area is 80.6 Å². The van der Waals surface area contributed by atoms with Crippen molar-refractivity contribution in [3.8, 4) is 5.75 Å². The fraction of sp³-hybridized carbons (Fsp3) is 0.400. The third-order valence-electron chi connectivity index (χ3n) is 2.41. The van der Waals surface area contributed by atoms with E-state index < -0.39 is 5.92 Å². The maximum absolute atomic E-state index is 12.8. The third-order valence-corrected chi connectivity index (χ3v) is 2.41. The van der Waals surface area contributed by atoms with E-state index in [-0.39, 0.29) is 24.8 Å². The molecule has 14 heavy (non-hydrogen) atoms. The molecule has 0 spiro atoms. The molecule has 1 saturated heterocycles. The highest BCUT2D eigenvalue weighted by atomic mass is 19.3. The smallest absolute Gasteiger partial charge is 0.262 e. The summed E-state index contributed by atoms with van der Waals surface area (Å²) in [6, 6.07) is 6.04. The second-order valence-corrected chi connectivity index (χ2v) is 3.59. The summed E-state index contributed by atoms with van der Waals surface area (Å²) in [4.78, 5) is 0. The van der Waals surface area contributed by atoms with Gasteiger partial charge in [-0.1, -0.05) is 12.1 Å². The Hall–Kier alpha value is -1.16. The predicted molar refractivity (Wildman–Crippen MR) is 48.4 cm³/mol. The molecule has 1 atom stereocenters. The lowest BCUT2D eigenvalue weighted by Gasteiger charge is -2.10. The van der Waals surface area contributed by atoms with Crippen LogP contribution in [0, 0.1) is 0 Å². The number of halogens is 2. The van der Waals surface area contributed by atoms with E-state index in [9.17, 15) is 8.78 Å². The highest BCUT2D eigenvalue weighted by molar-refractivity contribution is 5.28. The number of phenols is 1. The van der Waals surface area contributed by atoms with Crippen LogP contribution in [0.5, 0.6) is 5.75 Å². The molecule has 0 amide bonds. The van der Waals surface area contributed by atoms with Crippen molar-refractivity contribution in [1.82, 2.24) is 5.32 Å². The summed E-state index contributed by atoms with van der Waals surface area (Å²) in [5, 5.41) is 11.8. The normalized spacial score (nSPS) is 25.1. The Morgan fingerprint density at radius 3 is 2.43 bits per heavy atom. The molecule has 2 nitrogen and oxygen atoms in total. The van der Waals surface area contributed by atoms with Crippen molar-refractivity contribution in [3.05, 3.63) is 29.8 Å². The van der Waals surface area contributed by atoms with Gasteiger partial charge in [0.1, 0.15) is 5.75 Å². The number of benzene rings is 1. The average Bonchev–Trinajstić information content (AvgIpc) is 2.47. The first-order valence-corrected chi connectivity index (χ1v) is 4.47. The number of aromatic hydroxyl groups is 1. The quantitative estimate of drug-likeness (QED) is 0.725. The molecule has 1 aromatic rings. The van der Waals surface area contributed by atoms with Crippen LogP contribution in [0.15, 0.2) is 24.3 Å². The van der Waals surface area contributed by atoms with E-state index in [2.05, 4.69) is 5.32 Å². The second kappa shape index (κ2) is 3.20. The van der Waals surface area contributed by atoms with Gasteiger partial charge in [0.2, 0.25) is 0 Å². The van der Waals surface area contributed by atoms with Crippen LogP contribution in [-0.4, -0.2) is 17.6 Å². The molecule has 1 aromatic carbocycles. The summed E-state index contributed by atoms with van der Waals surface area (Å²) < 4.78 is 25.7. The molecule has 0 saturated carbocycles. The molecule has 2 rings (SSSR count). The molecule has 76 valence electrons. The van der Waals surface area contributed by atoms with E-state index in [1.807, 2.05) is 0 Å². The van der Waals surface area contributed by atoms with Gasteiger partial charge in [0, 0.05) is 12.5 Å². The average molecular weight is 199 g/mol. The minimum Gasteiger partial charge on any atom is -0.508 e. The molecule has 0 bridgehead atoms. The first-order chi connectivity index (χ1) is 6.57. The maximum atomic E-state index is 12.8. The summed E-state index contributed by atoms with van der Waals surface area (Å²) >= 11 is 0. The minimum atomic E-state index is -2.61. The molecule has 1 aliphatic heterocycles. The van der Waals surface area contributed by atoms with Crippen molar-refractivity contribution in [2.75, 3.05) is 6.54 Å². The van der Waals surface area contributed by atoms with Crippen LogP contribution in [0.2, 0.25) is 0 Å². The molecule has 4 heteroatoms. The van der Waals surface area contributed by atoms with Crippen LogP contribution >= 0.6 is 0 Å². The van der Waals surface area contributed by atoms with Crippen molar-refractivity contribution < 1.29 is 13.9 Å². The SMILES string of the molecule is Oc1ccc(C2CC(F)(F)CN2)cc1. The van der Waals surface area contributed by atoms with Gasteiger partial charge in [-0.2, -0.15) is 0 Å². The van der Waals surface area contributed by atoms with E-state index in [4.69, 9.17) is 5.11 Å². The van der Waals surface area contributed by atoms with Crippen LogP contribution in [-0.2, 0) is 0 Å². The van der Waals surface area contributed by atoms with E-state index >= 15 is 0 Å². The van der Waals surface area contributed by atoms with Gasteiger partial charge < -0.3 is 10.4 Å². The maximum Gasteiger partial charge on any atom is 0.262 e. The zero-order valence-corrected chi connectivity index (χ0v) is 7.50. The molecule has 1 unspecified atom stereocenters. The second-order valence-electron chi connectivity index (χ2n) is 3.59. The van der Waals surface area contributed by atoms with E-state index in [0.29, 0.717) is 0 Å². The number of alkyl halides is 2. The van der Waals surface area contributed by atoms with Crippen LogP contribution in [0.25, 0.3) is 0 Å². The number of hydrogen-bond donors (Lipinski definition) is 2. The lowest BCUT2D eigenvalue weighted by atomic mass is 10.0. The number of phenolic OH excluding ortho intramolecular Hbond substituents is 1. The molecule has 1 aliphatic rings. The zero-order valence-electron chi connectivity index (χ0n) is 7.50.